The third-order valence-electron chi connectivity index (χ3n) is 3.43. The van der Waals surface area contributed by atoms with Crippen molar-refractivity contribution in [2.24, 2.45) is 5.73 Å². The quantitative estimate of drug-likeness (QED) is 0.842. The number of benzene rings is 1. The number of likely N-dealkylation sites (tertiary alicyclic amines) is 1. The van der Waals surface area contributed by atoms with Gasteiger partial charge in [-0.1, -0.05) is 24.0 Å². The van der Waals surface area contributed by atoms with Gasteiger partial charge in [0, 0.05) is 6.54 Å². The van der Waals surface area contributed by atoms with Crippen molar-refractivity contribution < 1.29 is 18.7 Å². The zero-order valence-corrected chi connectivity index (χ0v) is 14.2. The van der Waals surface area contributed by atoms with Crippen molar-refractivity contribution in [3.8, 4) is 11.8 Å². The number of hydrogen-bond acceptors (Lipinski definition) is 4. The number of nitrogens with zero attached hydrogens (tertiary/aromatic N) is 1. The van der Waals surface area contributed by atoms with Gasteiger partial charge in [-0.15, -0.1) is 0 Å². The second-order valence-electron chi connectivity index (χ2n) is 6.68. The van der Waals surface area contributed by atoms with E-state index in [1.165, 1.54) is 11.0 Å². The number of nitrogens with two attached hydrogens (primary N) is 1. The van der Waals surface area contributed by atoms with Crippen LogP contribution in [-0.2, 0) is 9.47 Å². The van der Waals surface area contributed by atoms with Gasteiger partial charge in [0.15, 0.2) is 0 Å². The minimum Gasteiger partial charge on any atom is -0.444 e. The summed E-state index contributed by atoms with van der Waals surface area (Å²) in [5.74, 6) is 5.13. The van der Waals surface area contributed by atoms with E-state index in [-0.39, 0.29) is 24.6 Å². The highest BCUT2D eigenvalue weighted by Gasteiger charge is 2.35. The van der Waals surface area contributed by atoms with Crippen molar-refractivity contribution in [2.75, 3.05) is 19.7 Å². The number of hydrogen-bond donors (Lipinski definition) is 1. The molecule has 1 saturated heterocycles. The molecule has 0 spiro atoms. The fraction of sp³-hybridized carbons (Fsp3) is 0.500. The van der Waals surface area contributed by atoms with Gasteiger partial charge in [-0.05, 0) is 32.9 Å². The van der Waals surface area contributed by atoms with E-state index in [2.05, 4.69) is 11.8 Å². The van der Waals surface area contributed by atoms with E-state index in [4.69, 9.17) is 15.2 Å². The lowest BCUT2D eigenvalue weighted by Gasteiger charge is -2.24. The predicted octanol–water partition coefficient (Wildman–Crippen LogP) is 2.14. The maximum absolute atomic E-state index is 13.4. The zero-order valence-electron chi connectivity index (χ0n) is 14.2. The highest BCUT2D eigenvalue weighted by atomic mass is 19.1. The molecule has 6 heteroatoms. The highest BCUT2D eigenvalue weighted by Crippen LogP contribution is 2.16. The van der Waals surface area contributed by atoms with Gasteiger partial charge < -0.3 is 20.1 Å². The lowest BCUT2D eigenvalue weighted by Crippen LogP contribution is -2.37. The number of rotatable bonds is 2. The first-order chi connectivity index (χ1) is 11.3. The molecule has 1 aromatic rings. The lowest BCUT2D eigenvalue weighted by molar-refractivity contribution is 0.0236. The Morgan fingerprint density at radius 3 is 2.75 bits per heavy atom. The van der Waals surface area contributed by atoms with Gasteiger partial charge in [0.1, 0.15) is 18.0 Å². The second-order valence-corrected chi connectivity index (χ2v) is 6.68. The molecular formula is C18H23FN2O3. The molecular weight excluding hydrogens is 311 g/mol. The maximum Gasteiger partial charge on any atom is 0.410 e. The number of amides is 1. The molecule has 130 valence electrons. The summed E-state index contributed by atoms with van der Waals surface area (Å²) < 4.78 is 24.4. The summed E-state index contributed by atoms with van der Waals surface area (Å²) in [5.41, 5.74) is 5.78. The third kappa shape index (κ3) is 5.22. The molecule has 0 aliphatic carbocycles. The van der Waals surface area contributed by atoms with Crippen LogP contribution < -0.4 is 5.73 Å². The van der Waals surface area contributed by atoms with E-state index in [1.54, 1.807) is 18.2 Å². The molecule has 1 amide bonds. The minimum atomic E-state index is -0.550. The molecule has 1 fully saturated rings. The van der Waals surface area contributed by atoms with E-state index in [0.29, 0.717) is 18.7 Å². The number of halogens is 1. The fourth-order valence-corrected chi connectivity index (χ4v) is 2.29. The maximum atomic E-state index is 13.4. The molecule has 1 aliphatic rings. The van der Waals surface area contributed by atoms with Crippen molar-refractivity contribution in [1.29, 1.82) is 0 Å². The van der Waals surface area contributed by atoms with Gasteiger partial charge in [0.05, 0.1) is 24.3 Å². The summed E-state index contributed by atoms with van der Waals surface area (Å²) in [6, 6.07) is 6.00. The van der Waals surface area contributed by atoms with E-state index in [0.717, 1.165) is 0 Å². The zero-order chi connectivity index (χ0) is 17.7. The Hall–Kier alpha value is -2.10. The number of carbonyl (C=O) groups excluding carboxylic acids is 1. The third-order valence-corrected chi connectivity index (χ3v) is 3.43. The van der Waals surface area contributed by atoms with Crippen LogP contribution in [0.4, 0.5) is 9.18 Å². The van der Waals surface area contributed by atoms with E-state index < -0.39 is 11.7 Å². The number of carbonyl (C=O) groups is 1. The molecule has 0 radical (unpaired) electrons. The van der Waals surface area contributed by atoms with Crippen molar-refractivity contribution in [3.05, 3.63) is 35.6 Å². The average molecular weight is 334 g/mol. The normalized spacial score (nSPS) is 20.5. The monoisotopic (exact) mass is 334 g/mol. The van der Waals surface area contributed by atoms with Crippen LogP contribution in [0.3, 0.4) is 0 Å². The van der Waals surface area contributed by atoms with Crippen LogP contribution in [0, 0.1) is 17.7 Å². The Kier molecular flexibility index (Phi) is 5.81. The molecule has 1 aromatic carbocycles. The summed E-state index contributed by atoms with van der Waals surface area (Å²) in [6.45, 7) is 6.29. The van der Waals surface area contributed by atoms with Gasteiger partial charge in [-0.25, -0.2) is 9.18 Å². The molecule has 0 unspecified atom stereocenters. The van der Waals surface area contributed by atoms with Crippen LogP contribution in [0.25, 0.3) is 0 Å². The molecule has 0 bridgehead atoms. The Morgan fingerprint density at radius 2 is 2.08 bits per heavy atom. The summed E-state index contributed by atoms with van der Waals surface area (Å²) in [7, 11) is 0. The topological polar surface area (TPSA) is 64.8 Å². The average Bonchev–Trinajstić information content (AvgIpc) is 2.85. The van der Waals surface area contributed by atoms with Crippen LogP contribution in [0.15, 0.2) is 24.3 Å². The van der Waals surface area contributed by atoms with Crippen LogP contribution in [0.1, 0.15) is 26.3 Å². The second kappa shape index (κ2) is 7.65. The SMILES string of the molecule is CC(C)(C)OC(=O)N1C[C@@H](N)[C@H](OCC#Cc2ccccc2F)C1. The van der Waals surface area contributed by atoms with Crippen LogP contribution in [-0.4, -0.2) is 48.4 Å². The van der Waals surface area contributed by atoms with Gasteiger partial charge in [0.25, 0.3) is 0 Å². The van der Waals surface area contributed by atoms with Crippen molar-refractivity contribution in [3.63, 3.8) is 0 Å². The molecule has 2 N–H and O–H groups in total. The first-order valence-electron chi connectivity index (χ1n) is 7.85. The molecule has 0 aromatic heterocycles. The molecule has 2 rings (SSSR count). The Morgan fingerprint density at radius 1 is 1.38 bits per heavy atom. The first-order valence-corrected chi connectivity index (χ1v) is 7.85. The molecule has 24 heavy (non-hydrogen) atoms. The lowest BCUT2D eigenvalue weighted by atomic mass is 10.2. The minimum absolute atomic E-state index is 0.120. The standard InChI is InChI=1S/C18H23FN2O3/c1-18(2,3)24-17(22)21-11-15(20)16(12-21)23-10-6-8-13-7-4-5-9-14(13)19/h4-5,7,9,15-16H,10-12,20H2,1-3H3/t15-,16-/m1/s1. The molecule has 0 saturated carbocycles. The van der Waals surface area contributed by atoms with Gasteiger partial charge >= 0.3 is 6.09 Å². The van der Waals surface area contributed by atoms with Crippen LogP contribution >= 0.6 is 0 Å². The van der Waals surface area contributed by atoms with Gasteiger partial charge in [-0.3, -0.25) is 0 Å². The van der Waals surface area contributed by atoms with E-state index >= 15 is 0 Å². The Balaban J connectivity index is 1.84. The summed E-state index contributed by atoms with van der Waals surface area (Å²) in [5, 5.41) is 0. The largest absolute Gasteiger partial charge is 0.444 e. The summed E-state index contributed by atoms with van der Waals surface area (Å²) in [4.78, 5) is 13.6. The Labute approximate surface area is 141 Å². The fourth-order valence-electron chi connectivity index (χ4n) is 2.29. The van der Waals surface area contributed by atoms with Crippen LogP contribution in [0.5, 0.6) is 0 Å². The van der Waals surface area contributed by atoms with Gasteiger partial charge in [0.2, 0.25) is 0 Å². The Bertz CT molecular complexity index is 646. The highest BCUT2D eigenvalue weighted by molar-refractivity contribution is 5.68. The summed E-state index contributed by atoms with van der Waals surface area (Å²) >= 11 is 0. The van der Waals surface area contributed by atoms with Crippen LogP contribution in [0.2, 0.25) is 0 Å². The van der Waals surface area contributed by atoms with Gasteiger partial charge in [-0.2, -0.15) is 0 Å². The van der Waals surface area contributed by atoms with E-state index in [9.17, 15) is 9.18 Å². The summed E-state index contributed by atoms with van der Waals surface area (Å²) in [6.07, 6.45) is -0.714. The van der Waals surface area contributed by atoms with Crippen molar-refractivity contribution in [2.45, 2.75) is 38.5 Å². The van der Waals surface area contributed by atoms with E-state index in [1.807, 2.05) is 20.8 Å². The molecule has 2 atom stereocenters. The smallest absolute Gasteiger partial charge is 0.410 e. The van der Waals surface area contributed by atoms with Crippen molar-refractivity contribution in [1.82, 2.24) is 4.90 Å². The number of ether oxygens (including phenoxy) is 2. The molecule has 1 heterocycles. The van der Waals surface area contributed by atoms with Crippen molar-refractivity contribution >= 4 is 6.09 Å². The predicted molar refractivity (Wildman–Crippen MR) is 88.8 cm³/mol. The first kappa shape index (κ1) is 18.2. The molecule has 1 aliphatic heterocycles. The molecule has 5 nitrogen and oxygen atoms in total.